The number of hydrogen-bond acceptors (Lipinski definition) is 8. The van der Waals surface area contributed by atoms with Crippen molar-refractivity contribution in [3.8, 4) is 17.2 Å². The summed E-state index contributed by atoms with van der Waals surface area (Å²) in [6, 6.07) is 9.81. The number of amides is 1. The van der Waals surface area contributed by atoms with Crippen LogP contribution in [0.15, 0.2) is 81.0 Å². The number of carbonyl (C=O) groups excluding carboxylic acids is 1. The highest BCUT2D eigenvalue weighted by molar-refractivity contribution is 7.89. The molecule has 64 heavy (non-hydrogen) atoms. The van der Waals surface area contributed by atoms with Gasteiger partial charge in [-0.2, -0.15) is 19.1 Å². The molecule has 2 fully saturated rings. The molecule has 1 saturated heterocycles. The molecule has 1 aliphatic heterocycles. The van der Waals surface area contributed by atoms with E-state index in [1.807, 2.05) is 0 Å². The fraction of sp³-hybridized carbons (Fsp3) is 0.286. The van der Waals surface area contributed by atoms with E-state index in [1.165, 1.54) is 54.5 Å². The second kappa shape index (κ2) is 15.4. The molecule has 4 aliphatic rings. The molecule has 3 heterocycles. The molecule has 1 saturated carbocycles. The summed E-state index contributed by atoms with van der Waals surface area (Å²) in [5, 5.41) is 17.4. The number of halogens is 8. The molecule has 330 valence electrons. The first-order chi connectivity index (χ1) is 30.2. The van der Waals surface area contributed by atoms with Crippen molar-refractivity contribution in [2.75, 3.05) is 13.3 Å². The summed E-state index contributed by atoms with van der Waals surface area (Å²) >= 11 is 6.67. The molecule has 1 amide bonds. The Morgan fingerprint density at radius 2 is 1.78 bits per heavy atom. The zero-order valence-electron chi connectivity index (χ0n) is 33.1. The molecule has 5 atom stereocenters. The molecule has 2 aromatic heterocycles. The van der Waals surface area contributed by atoms with E-state index in [2.05, 4.69) is 20.2 Å². The molecule has 0 radical (unpaired) electrons. The Morgan fingerprint density at radius 1 is 1.08 bits per heavy atom. The van der Waals surface area contributed by atoms with Gasteiger partial charge in [0.05, 0.1) is 40.7 Å². The van der Waals surface area contributed by atoms with Crippen molar-refractivity contribution in [1.82, 2.24) is 35.1 Å². The number of nitrogens with zero attached hydrogens (tertiary/aromatic N) is 7. The number of hydrazine groups is 1. The Labute approximate surface area is 363 Å². The number of carbonyl (C=O) groups is 1. The van der Waals surface area contributed by atoms with Crippen LogP contribution in [0.25, 0.3) is 27.7 Å². The highest BCUT2D eigenvalue weighted by Gasteiger charge is 2.67. The van der Waals surface area contributed by atoms with Gasteiger partial charge in [0, 0.05) is 41.7 Å². The maximum Gasteiger partial charge on any atom is 0.293 e. The molecule has 13 nitrogen and oxygen atoms in total. The van der Waals surface area contributed by atoms with Crippen LogP contribution < -0.4 is 16.3 Å². The summed E-state index contributed by atoms with van der Waals surface area (Å²) in [4.78, 5) is 34.0. The second-order valence-corrected chi connectivity index (χ2v) is 18.0. The number of nitriles is 1. The number of aromatic nitrogens is 4. The minimum atomic E-state index is -4.01. The SMILES string of the molecule is CN1NC(=NS(C)(=O)=O)C2C(Cl)=CC=C(n3c([C@H](Cc4cc(F)cc(F)c4)NC(=O)Cn4nc(C(F)F)c5c4C(F)(F)[C@@H]4C[C@H]54)nc4cc(-c5ccc(F)c(C#N)c5)ccc4c3=O)C21. The fourth-order valence-electron chi connectivity index (χ4n) is 8.95. The molecular weight excluding hydrogens is 895 g/mol. The van der Waals surface area contributed by atoms with Crippen molar-refractivity contribution < 1.29 is 43.9 Å². The van der Waals surface area contributed by atoms with Crippen LogP contribution >= 0.6 is 11.6 Å². The van der Waals surface area contributed by atoms with Gasteiger partial charge in [0.2, 0.25) is 5.91 Å². The number of fused-ring (bicyclic) bond motifs is 5. The summed E-state index contributed by atoms with van der Waals surface area (Å²) in [5.74, 6) is -11.0. The Bertz CT molecular complexity index is 3140. The highest BCUT2D eigenvalue weighted by atomic mass is 35.5. The van der Waals surface area contributed by atoms with Crippen LogP contribution in [0.3, 0.4) is 0 Å². The van der Waals surface area contributed by atoms with Gasteiger partial charge in [-0.1, -0.05) is 23.7 Å². The number of allylic oxidation sites excluding steroid dienone is 2. The molecule has 2 unspecified atom stereocenters. The average molecular weight is 926 g/mol. The zero-order valence-corrected chi connectivity index (χ0v) is 34.7. The van der Waals surface area contributed by atoms with E-state index in [9.17, 15) is 40.4 Å². The number of likely N-dealkylation sites (N-methyl/N-ethyl adjacent to an activating group) is 1. The number of hydrogen-bond donors (Lipinski definition) is 2. The molecule has 2 N–H and O–H groups in total. The van der Waals surface area contributed by atoms with Gasteiger partial charge in [-0.3, -0.25) is 18.8 Å². The highest BCUT2D eigenvalue weighted by Crippen LogP contribution is 2.68. The van der Waals surface area contributed by atoms with Crippen molar-refractivity contribution in [3.63, 3.8) is 0 Å². The number of benzene rings is 3. The number of rotatable bonds is 10. The van der Waals surface area contributed by atoms with Gasteiger partial charge >= 0.3 is 0 Å². The fourth-order valence-corrected chi connectivity index (χ4v) is 9.75. The number of nitrogens with one attached hydrogen (secondary N) is 2. The summed E-state index contributed by atoms with van der Waals surface area (Å²) in [7, 11) is -2.49. The maximum atomic E-state index is 15.5. The lowest BCUT2D eigenvalue weighted by Gasteiger charge is -2.31. The molecular formula is C42H31ClF7N9O4S. The smallest absolute Gasteiger partial charge is 0.293 e. The summed E-state index contributed by atoms with van der Waals surface area (Å²) < 4.78 is 133. The Balaban J connectivity index is 1.23. The Morgan fingerprint density at radius 3 is 2.47 bits per heavy atom. The Hall–Kier alpha value is -6.37. The van der Waals surface area contributed by atoms with Crippen molar-refractivity contribution in [3.05, 3.63) is 133 Å². The average Bonchev–Trinajstić information content (AvgIpc) is 3.76. The summed E-state index contributed by atoms with van der Waals surface area (Å²) in [6.07, 6.45) is -0.0711. The van der Waals surface area contributed by atoms with Crippen molar-refractivity contribution in [2.45, 2.75) is 49.7 Å². The maximum absolute atomic E-state index is 15.5. The predicted octanol–water partition coefficient (Wildman–Crippen LogP) is 6.57. The van der Waals surface area contributed by atoms with Crippen molar-refractivity contribution >= 4 is 50.0 Å². The topological polar surface area (TPSA) is 167 Å². The number of amidine groups is 1. The minimum absolute atomic E-state index is 0.0228. The lowest BCUT2D eigenvalue weighted by molar-refractivity contribution is -0.123. The van der Waals surface area contributed by atoms with Gasteiger partial charge in [-0.25, -0.2) is 40.4 Å². The van der Waals surface area contributed by atoms with Gasteiger partial charge in [-0.05, 0) is 77.6 Å². The van der Waals surface area contributed by atoms with Crippen molar-refractivity contribution in [1.29, 1.82) is 5.26 Å². The van der Waals surface area contributed by atoms with E-state index in [4.69, 9.17) is 16.6 Å². The van der Waals surface area contributed by atoms with E-state index in [1.54, 1.807) is 6.07 Å². The lowest BCUT2D eigenvalue weighted by atomic mass is 9.91. The van der Waals surface area contributed by atoms with E-state index in [0.29, 0.717) is 21.9 Å². The third kappa shape index (κ3) is 7.42. The van der Waals surface area contributed by atoms with Gasteiger partial charge < -0.3 is 10.7 Å². The van der Waals surface area contributed by atoms with Crippen LogP contribution in [0.2, 0.25) is 0 Å². The second-order valence-electron chi connectivity index (χ2n) is 15.9. The van der Waals surface area contributed by atoms with E-state index >= 15 is 13.6 Å². The monoisotopic (exact) mass is 925 g/mol. The van der Waals surface area contributed by atoms with Gasteiger partial charge in [0.1, 0.15) is 53.1 Å². The quantitative estimate of drug-likeness (QED) is 0.147. The minimum Gasteiger partial charge on any atom is -0.344 e. The third-order valence-corrected chi connectivity index (χ3v) is 12.5. The third-order valence-electron chi connectivity index (χ3n) is 11.6. The first-order valence-corrected chi connectivity index (χ1v) is 21.6. The van der Waals surface area contributed by atoms with Crippen LogP contribution in [-0.4, -0.2) is 63.8 Å². The zero-order chi connectivity index (χ0) is 45.7. The first kappa shape index (κ1) is 42.9. The molecule has 5 aromatic rings. The Kier molecular flexibility index (Phi) is 10.3. The summed E-state index contributed by atoms with van der Waals surface area (Å²) in [6.45, 7) is -1.02. The predicted molar refractivity (Wildman–Crippen MR) is 218 cm³/mol. The number of alkyl halides is 4. The standard InChI is InChI=1S/C42H31ClF7N9O4S/c1-57-36-31(8-6-27(43)34(36)39(55-57)56-64(2,62)63)59-40(53-29-13-20(3-5-24(29)41(59)61)19-4-7-28(46)21(12-19)16-51)30(11-18-9-22(44)14-23(45)10-18)52-32(60)17-58-37-33(35(54-58)38(47)48)25-15-26(25)42(37,49)50/h3-10,12-14,25-26,30,34,36,38H,11,15,17H2,1-2H3,(H,52,60)(H,55,56)/t25-,26+,30-,34?,36?/m0/s1. The molecule has 3 aromatic carbocycles. The van der Waals surface area contributed by atoms with Crippen LogP contribution in [0.1, 0.15) is 58.7 Å². The molecule has 9 rings (SSSR count). The molecule has 22 heteroatoms. The van der Waals surface area contributed by atoms with Crippen LogP contribution in [0.4, 0.5) is 30.7 Å². The summed E-state index contributed by atoms with van der Waals surface area (Å²) in [5.41, 5.74) is 0.512. The van der Waals surface area contributed by atoms with Gasteiger partial charge in [-0.15, -0.1) is 4.40 Å². The van der Waals surface area contributed by atoms with E-state index in [-0.39, 0.29) is 56.4 Å². The molecule has 0 spiro atoms. The van der Waals surface area contributed by atoms with Crippen LogP contribution in [0.5, 0.6) is 0 Å². The van der Waals surface area contributed by atoms with Gasteiger partial charge in [0.25, 0.3) is 27.9 Å². The largest absolute Gasteiger partial charge is 0.344 e. The van der Waals surface area contributed by atoms with E-state index in [0.717, 1.165) is 29.0 Å². The van der Waals surface area contributed by atoms with E-state index < -0.39 is 105 Å². The molecule has 3 aliphatic carbocycles. The van der Waals surface area contributed by atoms with Crippen LogP contribution in [0, 0.1) is 40.6 Å². The van der Waals surface area contributed by atoms with Crippen molar-refractivity contribution in [2.24, 2.45) is 16.2 Å². The molecule has 0 bridgehead atoms. The lowest BCUT2D eigenvalue weighted by Crippen LogP contribution is -2.43. The van der Waals surface area contributed by atoms with Gasteiger partial charge in [0.15, 0.2) is 0 Å². The van der Waals surface area contributed by atoms with Crippen LogP contribution in [-0.2, 0) is 33.7 Å². The first-order valence-electron chi connectivity index (χ1n) is 19.4. The number of sulfonamides is 1. The normalized spacial score (nSPS) is 22.1.